The van der Waals surface area contributed by atoms with Crippen molar-refractivity contribution in [2.24, 2.45) is 17.8 Å². The van der Waals surface area contributed by atoms with Gasteiger partial charge in [-0.2, -0.15) is 0 Å². The lowest BCUT2D eigenvalue weighted by molar-refractivity contribution is -0.161. The first kappa shape index (κ1) is 98.1. The summed E-state index contributed by atoms with van der Waals surface area (Å²) < 4.78 is 68.7. The lowest BCUT2D eigenvalue weighted by atomic mass is 9.99. The van der Waals surface area contributed by atoms with Crippen molar-refractivity contribution in [2.45, 2.75) is 439 Å². The molecule has 0 aromatic rings. The molecule has 0 rings (SSSR count). The molecule has 0 radical (unpaired) electrons. The number of carbonyl (C=O) groups is 4. The molecule has 0 heterocycles. The molecule has 3 unspecified atom stereocenters. The van der Waals surface area contributed by atoms with Crippen LogP contribution in [-0.2, 0) is 65.4 Å². The highest BCUT2D eigenvalue weighted by Gasteiger charge is 2.30. The van der Waals surface area contributed by atoms with Crippen LogP contribution in [0.25, 0.3) is 0 Å². The second-order valence-corrected chi connectivity index (χ2v) is 33.3. The zero-order valence-electron chi connectivity index (χ0n) is 65.7. The Morgan fingerprint density at radius 2 is 0.510 bits per heavy atom. The fourth-order valence-electron chi connectivity index (χ4n) is 12.5. The van der Waals surface area contributed by atoms with Gasteiger partial charge in [-0.15, -0.1) is 0 Å². The first-order valence-electron chi connectivity index (χ1n) is 41.9. The summed E-state index contributed by atoms with van der Waals surface area (Å²) >= 11 is 0. The van der Waals surface area contributed by atoms with Gasteiger partial charge in [-0.25, -0.2) is 9.13 Å². The molecule has 19 heteroatoms. The molecule has 0 aromatic carbocycles. The molecular formula is C81H158O17P2. The van der Waals surface area contributed by atoms with Crippen LogP contribution in [0.2, 0.25) is 0 Å². The minimum Gasteiger partial charge on any atom is -0.462 e. The Hall–Kier alpha value is -1.94. The van der Waals surface area contributed by atoms with E-state index in [-0.39, 0.29) is 25.7 Å². The van der Waals surface area contributed by atoms with E-state index in [9.17, 15) is 43.2 Å². The Balaban J connectivity index is 5.25. The Labute approximate surface area is 613 Å². The van der Waals surface area contributed by atoms with Crippen molar-refractivity contribution in [1.29, 1.82) is 0 Å². The van der Waals surface area contributed by atoms with Crippen molar-refractivity contribution in [3.63, 3.8) is 0 Å². The van der Waals surface area contributed by atoms with Crippen molar-refractivity contribution >= 4 is 39.5 Å². The average Bonchev–Trinajstić information content (AvgIpc) is 0.926. The molecule has 0 amide bonds. The number of aliphatic hydroxyl groups excluding tert-OH is 1. The van der Waals surface area contributed by atoms with Crippen molar-refractivity contribution in [3.05, 3.63) is 0 Å². The van der Waals surface area contributed by atoms with E-state index in [0.717, 1.165) is 108 Å². The van der Waals surface area contributed by atoms with Crippen molar-refractivity contribution < 1.29 is 80.2 Å². The van der Waals surface area contributed by atoms with Crippen LogP contribution in [0.3, 0.4) is 0 Å². The van der Waals surface area contributed by atoms with E-state index < -0.39 is 97.5 Å². The van der Waals surface area contributed by atoms with Gasteiger partial charge in [0.05, 0.1) is 26.4 Å². The fourth-order valence-corrected chi connectivity index (χ4v) is 14.0. The Bertz CT molecular complexity index is 1940. The smallest absolute Gasteiger partial charge is 0.462 e. The topological polar surface area (TPSA) is 237 Å². The summed E-state index contributed by atoms with van der Waals surface area (Å²) in [6, 6.07) is 0. The van der Waals surface area contributed by atoms with E-state index in [1.807, 2.05) is 0 Å². The molecule has 3 N–H and O–H groups in total. The normalized spacial score (nSPS) is 14.2. The number of phosphoric ester groups is 2. The standard InChI is InChI=1S/C81H158O17P2/c1-8-10-11-12-13-14-15-16-17-18-19-20-21-22-23-28-34-43-50-57-64-80(85)97-76(68-91-78(83)62-55-48-41-33-29-24-26-31-38-45-52-59-72(3)4)70-95-99(87,88)93-66-75(82)67-94-100(89,90)96-71-77(69-92-79(84)63-56-49-42-37-36-40-47-54-61-74(7)9-2)98-81(86)65-58-51-44-35-30-25-27-32-39-46-53-60-73(5)6/h72-77,82H,8-71H2,1-7H3,(H,87,88)(H,89,90)/t74?,75-,76-,77-/m1/s1. The summed E-state index contributed by atoms with van der Waals surface area (Å²) in [6.45, 7) is 11.9. The quantitative estimate of drug-likeness (QED) is 0.0222. The van der Waals surface area contributed by atoms with E-state index in [2.05, 4.69) is 48.5 Å². The van der Waals surface area contributed by atoms with Crippen LogP contribution in [0.5, 0.6) is 0 Å². The van der Waals surface area contributed by atoms with Crippen LogP contribution < -0.4 is 0 Å². The molecule has 594 valence electrons. The molecule has 6 atom stereocenters. The second kappa shape index (κ2) is 71.3. The monoisotopic (exact) mass is 1470 g/mol. The Kier molecular flexibility index (Phi) is 69.9. The molecule has 0 spiro atoms. The molecule has 0 saturated heterocycles. The molecule has 0 fully saturated rings. The predicted molar refractivity (Wildman–Crippen MR) is 409 cm³/mol. The average molecular weight is 1470 g/mol. The van der Waals surface area contributed by atoms with Gasteiger partial charge < -0.3 is 33.8 Å². The van der Waals surface area contributed by atoms with E-state index in [0.29, 0.717) is 25.7 Å². The number of unbranched alkanes of at least 4 members (excludes halogenated alkanes) is 46. The largest absolute Gasteiger partial charge is 0.472 e. The van der Waals surface area contributed by atoms with Crippen molar-refractivity contribution in [2.75, 3.05) is 39.6 Å². The summed E-state index contributed by atoms with van der Waals surface area (Å²) in [7, 11) is -9.92. The second-order valence-electron chi connectivity index (χ2n) is 30.4. The van der Waals surface area contributed by atoms with Crippen LogP contribution >= 0.6 is 15.6 Å². The van der Waals surface area contributed by atoms with Gasteiger partial charge in [-0.05, 0) is 43.4 Å². The summed E-state index contributed by atoms with van der Waals surface area (Å²) in [4.78, 5) is 73.1. The number of rotatable bonds is 79. The highest BCUT2D eigenvalue weighted by molar-refractivity contribution is 7.47. The van der Waals surface area contributed by atoms with Gasteiger partial charge in [0.25, 0.3) is 0 Å². The third-order valence-corrected chi connectivity index (χ3v) is 21.1. The highest BCUT2D eigenvalue weighted by Crippen LogP contribution is 2.45. The minimum atomic E-state index is -4.96. The van der Waals surface area contributed by atoms with E-state index in [1.165, 1.54) is 231 Å². The number of aliphatic hydroxyl groups is 1. The number of hydrogen-bond acceptors (Lipinski definition) is 15. The molecule has 0 aromatic heterocycles. The molecule has 17 nitrogen and oxygen atoms in total. The van der Waals surface area contributed by atoms with Crippen LogP contribution in [0, 0.1) is 17.8 Å². The summed E-state index contributed by atoms with van der Waals surface area (Å²) in [5, 5.41) is 10.6. The van der Waals surface area contributed by atoms with Crippen molar-refractivity contribution in [1.82, 2.24) is 0 Å². The lowest BCUT2D eigenvalue weighted by Crippen LogP contribution is -2.30. The van der Waals surface area contributed by atoms with Gasteiger partial charge in [0.15, 0.2) is 12.2 Å². The van der Waals surface area contributed by atoms with Gasteiger partial charge >= 0.3 is 39.5 Å². The SMILES string of the molecule is CCCCCCCCCCCCCCCCCCCCCCC(=O)O[C@H](COC(=O)CCCCCCCCCCCCCC(C)C)COP(=O)(O)OC[C@@H](O)COP(=O)(O)OC[C@@H](COC(=O)CCCCCCCCCCC(C)CC)OC(=O)CCCCCCCCCCCCCC(C)C. The predicted octanol–water partition coefficient (Wildman–Crippen LogP) is 24.1. The number of phosphoric acid groups is 2. The summed E-state index contributed by atoms with van der Waals surface area (Å²) in [5.74, 6) is 0.202. The first-order valence-corrected chi connectivity index (χ1v) is 44.9. The maximum Gasteiger partial charge on any atom is 0.472 e. The van der Waals surface area contributed by atoms with Gasteiger partial charge in [0.1, 0.15) is 19.3 Å². The summed E-state index contributed by atoms with van der Waals surface area (Å²) in [6.07, 6.45) is 59.6. The third kappa shape index (κ3) is 73.0. The van der Waals surface area contributed by atoms with E-state index >= 15 is 0 Å². The zero-order chi connectivity index (χ0) is 73.7. The van der Waals surface area contributed by atoms with E-state index in [1.54, 1.807) is 0 Å². The maximum absolute atomic E-state index is 13.1. The molecule has 0 aliphatic heterocycles. The number of carbonyl (C=O) groups excluding carboxylic acids is 4. The lowest BCUT2D eigenvalue weighted by Gasteiger charge is -2.21. The van der Waals surface area contributed by atoms with Gasteiger partial charge in [0.2, 0.25) is 0 Å². The highest BCUT2D eigenvalue weighted by atomic mass is 31.2. The molecule has 0 saturated carbocycles. The van der Waals surface area contributed by atoms with Gasteiger partial charge in [-0.1, -0.05) is 370 Å². The van der Waals surface area contributed by atoms with Gasteiger partial charge in [0, 0.05) is 25.7 Å². The molecule has 0 aliphatic rings. The molecular weight excluding hydrogens is 1310 g/mol. The zero-order valence-corrected chi connectivity index (χ0v) is 67.5. The van der Waals surface area contributed by atoms with Gasteiger partial charge in [-0.3, -0.25) is 37.3 Å². The van der Waals surface area contributed by atoms with E-state index in [4.69, 9.17) is 37.0 Å². The minimum absolute atomic E-state index is 0.106. The number of ether oxygens (including phenoxy) is 4. The van der Waals surface area contributed by atoms with Crippen LogP contribution in [0.4, 0.5) is 0 Å². The number of esters is 4. The van der Waals surface area contributed by atoms with Crippen molar-refractivity contribution in [3.8, 4) is 0 Å². The molecule has 100 heavy (non-hydrogen) atoms. The maximum atomic E-state index is 13.1. The first-order chi connectivity index (χ1) is 48.3. The molecule has 0 bridgehead atoms. The van der Waals surface area contributed by atoms with Crippen LogP contribution in [0.15, 0.2) is 0 Å². The third-order valence-electron chi connectivity index (χ3n) is 19.2. The Morgan fingerprint density at radius 3 is 0.760 bits per heavy atom. The Morgan fingerprint density at radius 1 is 0.290 bits per heavy atom. The van der Waals surface area contributed by atoms with Crippen LogP contribution in [0.1, 0.15) is 421 Å². The fraction of sp³-hybridized carbons (Fsp3) is 0.951. The summed E-state index contributed by atoms with van der Waals surface area (Å²) in [5.41, 5.74) is 0. The molecule has 0 aliphatic carbocycles. The van der Waals surface area contributed by atoms with Crippen LogP contribution in [-0.4, -0.2) is 96.7 Å². The number of hydrogen-bond donors (Lipinski definition) is 3.